The van der Waals surface area contributed by atoms with E-state index in [0.29, 0.717) is 0 Å². The number of carbonyl (C=O) groups excluding carboxylic acids is 2. The molecule has 0 aliphatic heterocycles. The van der Waals surface area contributed by atoms with Gasteiger partial charge in [0, 0.05) is 12.1 Å². The summed E-state index contributed by atoms with van der Waals surface area (Å²) in [5.41, 5.74) is 0. The molecule has 1 N–H and O–H groups in total. The van der Waals surface area contributed by atoms with E-state index < -0.39 is 0 Å². The molecule has 1 amide bonds. The Morgan fingerprint density at radius 3 is 2.05 bits per heavy atom. The van der Waals surface area contributed by atoms with E-state index in [0.717, 1.165) is 12.8 Å². The number of esters is 1. The summed E-state index contributed by atoms with van der Waals surface area (Å²) in [7, 11) is 1.36. The van der Waals surface area contributed by atoms with Crippen molar-refractivity contribution in [2.75, 3.05) is 13.7 Å². The molecule has 19 heavy (non-hydrogen) atoms. The number of carbonyl (C=O) groups is 2. The van der Waals surface area contributed by atoms with Crippen LogP contribution in [0.3, 0.4) is 0 Å². The second kappa shape index (κ2) is 8.91. The monoisotopic (exact) mass is 272 g/mol. The summed E-state index contributed by atoms with van der Waals surface area (Å²) in [6.07, 6.45) is 1.82. The van der Waals surface area contributed by atoms with Gasteiger partial charge in [-0.1, -0.05) is 13.8 Å². The van der Waals surface area contributed by atoms with E-state index in [1.807, 2.05) is 39.5 Å². The highest BCUT2D eigenvalue weighted by Crippen LogP contribution is 2.07. The maximum absolute atomic E-state index is 12.2. The summed E-state index contributed by atoms with van der Waals surface area (Å²) < 4.78 is 4.67. The Bertz CT molecular complexity index is 288. The van der Waals surface area contributed by atoms with E-state index >= 15 is 0 Å². The van der Waals surface area contributed by atoms with Crippen molar-refractivity contribution in [3.8, 4) is 0 Å². The third-order valence-corrected chi connectivity index (χ3v) is 3.41. The molecule has 0 fully saturated rings. The van der Waals surface area contributed by atoms with Crippen LogP contribution >= 0.6 is 0 Å². The Balaban J connectivity index is 4.65. The smallest absolute Gasteiger partial charge is 0.319 e. The lowest BCUT2D eigenvalue weighted by atomic mass is 10.1. The Morgan fingerprint density at radius 1 is 1.16 bits per heavy atom. The number of nitrogens with zero attached hydrogens (tertiary/aromatic N) is 1. The first kappa shape index (κ1) is 17.9. The SMILES string of the molecule is CCC(CC)NC(=O)C(C)N(CC(=O)OC)C(C)C. The van der Waals surface area contributed by atoms with Crippen molar-refractivity contribution in [3.63, 3.8) is 0 Å². The molecule has 0 aliphatic rings. The molecular formula is C14H28N2O3. The van der Waals surface area contributed by atoms with Crippen molar-refractivity contribution in [2.45, 2.75) is 65.6 Å². The average molecular weight is 272 g/mol. The Kier molecular flexibility index (Phi) is 8.39. The fourth-order valence-corrected chi connectivity index (χ4v) is 1.95. The Hall–Kier alpha value is -1.10. The summed E-state index contributed by atoms with van der Waals surface area (Å²) in [6.45, 7) is 9.97. The van der Waals surface area contributed by atoms with Crippen LogP contribution in [-0.4, -0.2) is 48.6 Å². The maximum atomic E-state index is 12.2. The van der Waals surface area contributed by atoms with E-state index in [4.69, 9.17) is 0 Å². The number of rotatable bonds is 8. The molecule has 0 bridgehead atoms. The molecule has 0 rings (SSSR count). The molecule has 0 aromatic heterocycles. The van der Waals surface area contributed by atoms with Crippen LogP contribution in [0.25, 0.3) is 0 Å². The molecule has 1 unspecified atom stereocenters. The van der Waals surface area contributed by atoms with E-state index in [1.54, 1.807) is 0 Å². The van der Waals surface area contributed by atoms with E-state index in [2.05, 4.69) is 10.1 Å². The molecule has 1 atom stereocenters. The van der Waals surface area contributed by atoms with Gasteiger partial charge in [0.25, 0.3) is 0 Å². The number of methoxy groups -OCH3 is 1. The predicted molar refractivity (Wildman–Crippen MR) is 75.8 cm³/mol. The zero-order chi connectivity index (χ0) is 15.0. The zero-order valence-electron chi connectivity index (χ0n) is 13.0. The van der Waals surface area contributed by atoms with Gasteiger partial charge in [-0.25, -0.2) is 0 Å². The van der Waals surface area contributed by atoms with Crippen molar-refractivity contribution in [2.24, 2.45) is 0 Å². The van der Waals surface area contributed by atoms with Gasteiger partial charge in [0.2, 0.25) is 5.91 Å². The molecule has 5 nitrogen and oxygen atoms in total. The minimum absolute atomic E-state index is 0.0358. The summed E-state index contributed by atoms with van der Waals surface area (Å²) in [5.74, 6) is -0.359. The number of ether oxygens (including phenoxy) is 1. The van der Waals surface area contributed by atoms with E-state index in [1.165, 1.54) is 7.11 Å². The van der Waals surface area contributed by atoms with Crippen molar-refractivity contribution in [1.29, 1.82) is 0 Å². The molecule has 0 aromatic carbocycles. The van der Waals surface area contributed by atoms with Gasteiger partial charge in [-0.3, -0.25) is 14.5 Å². The minimum Gasteiger partial charge on any atom is -0.468 e. The van der Waals surface area contributed by atoms with Crippen molar-refractivity contribution < 1.29 is 14.3 Å². The molecule has 0 saturated carbocycles. The van der Waals surface area contributed by atoms with Crippen LogP contribution in [0.15, 0.2) is 0 Å². The van der Waals surface area contributed by atoms with Gasteiger partial charge in [0.05, 0.1) is 19.7 Å². The largest absolute Gasteiger partial charge is 0.468 e. The number of hydrogen-bond donors (Lipinski definition) is 1. The molecule has 0 saturated heterocycles. The lowest BCUT2D eigenvalue weighted by Crippen LogP contribution is -2.52. The molecule has 0 heterocycles. The van der Waals surface area contributed by atoms with Crippen LogP contribution in [0, 0.1) is 0 Å². The lowest BCUT2D eigenvalue weighted by molar-refractivity contribution is -0.144. The third-order valence-electron chi connectivity index (χ3n) is 3.41. The predicted octanol–water partition coefficient (Wildman–Crippen LogP) is 1.56. The summed E-state index contributed by atoms with van der Waals surface area (Å²) in [4.78, 5) is 25.4. The first-order valence-corrected chi connectivity index (χ1v) is 7.00. The van der Waals surface area contributed by atoms with Gasteiger partial charge < -0.3 is 10.1 Å². The summed E-state index contributed by atoms with van der Waals surface area (Å²) in [5, 5.41) is 3.01. The van der Waals surface area contributed by atoms with Gasteiger partial charge in [-0.2, -0.15) is 0 Å². The fourth-order valence-electron chi connectivity index (χ4n) is 1.95. The molecule has 5 heteroatoms. The second-order valence-electron chi connectivity index (χ2n) is 5.04. The average Bonchev–Trinajstić information content (AvgIpc) is 2.40. The van der Waals surface area contributed by atoms with Crippen molar-refractivity contribution >= 4 is 11.9 Å². The Morgan fingerprint density at radius 2 is 1.68 bits per heavy atom. The Labute approximate surface area is 116 Å². The summed E-state index contributed by atoms with van der Waals surface area (Å²) >= 11 is 0. The molecule has 0 spiro atoms. The van der Waals surface area contributed by atoms with Crippen molar-refractivity contribution in [1.82, 2.24) is 10.2 Å². The minimum atomic E-state index is -0.348. The van der Waals surface area contributed by atoms with Crippen LogP contribution < -0.4 is 5.32 Å². The quantitative estimate of drug-likeness (QED) is 0.681. The van der Waals surface area contributed by atoms with Gasteiger partial charge in [0.1, 0.15) is 0 Å². The first-order chi connectivity index (χ1) is 8.87. The molecular weight excluding hydrogens is 244 g/mol. The van der Waals surface area contributed by atoms with Gasteiger partial charge in [-0.05, 0) is 33.6 Å². The lowest BCUT2D eigenvalue weighted by Gasteiger charge is -2.31. The van der Waals surface area contributed by atoms with Crippen molar-refractivity contribution in [3.05, 3.63) is 0 Å². The second-order valence-corrected chi connectivity index (χ2v) is 5.04. The van der Waals surface area contributed by atoms with Crippen LogP contribution in [0.4, 0.5) is 0 Å². The molecule has 112 valence electrons. The number of nitrogens with one attached hydrogen (secondary N) is 1. The highest BCUT2D eigenvalue weighted by molar-refractivity contribution is 5.82. The van der Waals surface area contributed by atoms with Gasteiger partial charge in [-0.15, -0.1) is 0 Å². The van der Waals surface area contributed by atoms with Gasteiger partial charge in [0.15, 0.2) is 0 Å². The van der Waals surface area contributed by atoms with Crippen LogP contribution in [0.5, 0.6) is 0 Å². The standard InChI is InChI=1S/C14H28N2O3/c1-7-12(8-2)15-14(18)11(5)16(10(3)4)9-13(17)19-6/h10-12H,7-9H2,1-6H3,(H,15,18). The number of hydrogen-bond acceptors (Lipinski definition) is 4. The van der Waals surface area contributed by atoms with Gasteiger partial charge >= 0.3 is 5.97 Å². The van der Waals surface area contributed by atoms with E-state index in [9.17, 15) is 9.59 Å². The normalized spacial score (nSPS) is 12.9. The van der Waals surface area contributed by atoms with Crippen LogP contribution in [0.1, 0.15) is 47.5 Å². The topological polar surface area (TPSA) is 58.6 Å². The molecule has 0 aliphatic carbocycles. The van der Waals surface area contributed by atoms with Crippen LogP contribution in [0.2, 0.25) is 0 Å². The number of amides is 1. The molecule has 0 radical (unpaired) electrons. The zero-order valence-corrected chi connectivity index (χ0v) is 13.0. The highest BCUT2D eigenvalue weighted by atomic mass is 16.5. The first-order valence-electron chi connectivity index (χ1n) is 7.00. The summed E-state index contributed by atoms with van der Waals surface area (Å²) in [6, 6.07) is -0.0525. The maximum Gasteiger partial charge on any atom is 0.319 e. The van der Waals surface area contributed by atoms with Crippen LogP contribution in [-0.2, 0) is 14.3 Å². The third kappa shape index (κ3) is 6.05. The highest BCUT2D eigenvalue weighted by Gasteiger charge is 2.26. The van der Waals surface area contributed by atoms with E-state index in [-0.39, 0.29) is 36.5 Å². The fraction of sp³-hybridized carbons (Fsp3) is 0.857. The molecule has 0 aromatic rings.